The molecule has 190 valence electrons. The van der Waals surface area contributed by atoms with Gasteiger partial charge >= 0.3 is 12.5 Å². The first kappa shape index (κ1) is 25.4. The number of hydrogen-bond acceptors (Lipinski definition) is 6. The highest BCUT2D eigenvalue weighted by Crippen LogP contribution is 2.35. The molecule has 0 aliphatic carbocycles. The van der Waals surface area contributed by atoms with Gasteiger partial charge in [-0.1, -0.05) is 19.1 Å². The molecule has 1 aromatic carbocycles. The minimum absolute atomic E-state index is 0.0288. The Morgan fingerprint density at radius 1 is 0.972 bits per heavy atom. The van der Waals surface area contributed by atoms with Crippen LogP contribution in [-0.2, 0) is 23.1 Å². The van der Waals surface area contributed by atoms with Gasteiger partial charge in [-0.2, -0.15) is 13.2 Å². The second-order valence-electron chi connectivity index (χ2n) is 7.60. The van der Waals surface area contributed by atoms with Crippen LogP contribution < -0.4 is 4.74 Å². The van der Waals surface area contributed by atoms with Crippen LogP contribution in [0.15, 0.2) is 53.7 Å². The summed E-state index contributed by atoms with van der Waals surface area (Å²) in [5, 5.41) is 0. The van der Waals surface area contributed by atoms with E-state index in [1.165, 1.54) is 42.9 Å². The molecule has 7 nitrogen and oxygen atoms in total. The van der Waals surface area contributed by atoms with Crippen molar-refractivity contribution >= 4 is 20.9 Å². The number of ether oxygens (including phenoxy) is 1. The fraction of sp³-hybridized carbons (Fsp3) is 0.227. The zero-order chi connectivity index (χ0) is 26.5. The summed E-state index contributed by atoms with van der Waals surface area (Å²) in [4.78, 5) is 11.5. The SMILES string of the molecule is CCS(=O)(=O)c1cc(-c2cccc(OC(F)(F)F)c2)cnc1-c1nc2cc(C(F)(F)F)ncc2n1C. The maximum atomic E-state index is 13.1. The predicted octanol–water partition coefficient (Wildman–Crippen LogP) is 5.41. The van der Waals surface area contributed by atoms with Crippen molar-refractivity contribution in [1.29, 1.82) is 0 Å². The number of fused-ring (bicyclic) bond motifs is 1. The average molecular weight is 530 g/mol. The molecule has 3 aromatic heterocycles. The molecule has 0 aliphatic heterocycles. The largest absolute Gasteiger partial charge is 0.573 e. The van der Waals surface area contributed by atoms with Crippen LogP contribution >= 0.6 is 0 Å². The van der Waals surface area contributed by atoms with Crippen LogP contribution in [0.5, 0.6) is 5.75 Å². The molecule has 4 rings (SSSR count). The van der Waals surface area contributed by atoms with Crippen LogP contribution in [0.3, 0.4) is 0 Å². The van der Waals surface area contributed by atoms with Crippen molar-refractivity contribution in [2.45, 2.75) is 24.4 Å². The summed E-state index contributed by atoms with van der Waals surface area (Å²) in [6, 6.07) is 6.88. The van der Waals surface area contributed by atoms with Crippen molar-refractivity contribution in [2.24, 2.45) is 7.05 Å². The van der Waals surface area contributed by atoms with Crippen molar-refractivity contribution in [2.75, 3.05) is 5.75 Å². The highest BCUT2D eigenvalue weighted by molar-refractivity contribution is 7.91. The highest BCUT2D eigenvalue weighted by atomic mass is 32.2. The topological polar surface area (TPSA) is 87.0 Å². The maximum absolute atomic E-state index is 13.1. The van der Waals surface area contributed by atoms with Crippen LogP contribution in [0.2, 0.25) is 0 Å². The number of sulfone groups is 1. The minimum Gasteiger partial charge on any atom is -0.406 e. The van der Waals surface area contributed by atoms with Gasteiger partial charge in [0, 0.05) is 18.8 Å². The number of nitrogens with zero attached hydrogens (tertiary/aromatic N) is 4. The zero-order valence-electron chi connectivity index (χ0n) is 18.5. The summed E-state index contributed by atoms with van der Waals surface area (Å²) < 4.78 is 108. The van der Waals surface area contributed by atoms with E-state index in [0.717, 1.165) is 24.4 Å². The van der Waals surface area contributed by atoms with Crippen LogP contribution in [0.1, 0.15) is 12.6 Å². The molecule has 0 radical (unpaired) electrons. The Bertz CT molecular complexity index is 1560. The molecule has 36 heavy (non-hydrogen) atoms. The Morgan fingerprint density at radius 3 is 2.33 bits per heavy atom. The molecule has 14 heteroatoms. The lowest BCUT2D eigenvalue weighted by atomic mass is 10.1. The van der Waals surface area contributed by atoms with Crippen LogP contribution in [0, 0.1) is 0 Å². The Hall–Kier alpha value is -3.68. The molecule has 3 heterocycles. The zero-order valence-corrected chi connectivity index (χ0v) is 19.3. The number of hydrogen-bond donors (Lipinski definition) is 0. The molecule has 0 fully saturated rings. The molecular weight excluding hydrogens is 514 g/mol. The normalized spacial score (nSPS) is 12.8. The standard InChI is InChI=1S/C22H16F6N4O3S/c1-3-36(33,34)17-8-13(12-5-4-6-14(7-12)35-22(26,27)28)10-30-19(17)20-31-15-9-18(21(23,24)25)29-11-16(15)32(20)2/h4-11H,3H2,1-2H3. The molecule has 4 aromatic rings. The maximum Gasteiger partial charge on any atom is 0.573 e. The smallest absolute Gasteiger partial charge is 0.406 e. The van der Waals surface area contributed by atoms with Gasteiger partial charge in [-0.3, -0.25) is 4.98 Å². The van der Waals surface area contributed by atoms with Gasteiger partial charge in [-0.05, 0) is 29.8 Å². The van der Waals surface area contributed by atoms with Gasteiger partial charge in [-0.15, -0.1) is 13.2 Å². The molecular formula is C22H16F6N4O3S. The van der Waals surface area contributed by atoms with Crippen molar-refractivity contribution < 1.29 is 39.5 Å². The Kier molecular flexibility index (Phi) is 6.19. The van der Waals surface area contributed by atoms with Crippen LogP contribution in [-0.4, -0.2) is 40.1 Å². The van der Waals surface area contributed by atoms with E-state index >= 15 is 0 Å². The fourth-order valence-corrected chi connectivity index (χ4v) is 4.55. The number of aryl methyl sites for hydroxylation is 1. The lowest BCUT2D eigenvalue weighted by molar-refractivity contribution is -0.274. The van der Waals surface area contributed by atoms with Crippen molar-refractivity contribution in [3.8, 4) is 28.4 Å². The van der Waals surface area contributed by atoms with E-state index in [9.17, 15) is 34.8 Å². The summed E-state index contributed by atoms with van der Waals surface area (Å²) in [5.74, 6) is -0.877. The quantitative estimate of drug-likeness (QED) is 0.321. The summed E-state index contributed by atoms with van der Waals surface area (Å²) in [6.07, 6.45) is -7.41. The number of halogens is 6. The molecule has 0 bridgehead atoms. The number of aromatic nitrogens is 4. The number of alkyl halides is 6. The summed E-state index contributed by atoms with van der Waals surface area (Å²) in [5.41, 5.74) is -0.773. The van der Waals surface area contributed by atoms with E-state index in [4.69, 9.17) is 0 Å². The summed E-state index contributed by atoms with van der Waals surface area (Å²) >= 11 is 0. The molecule has 0 unspecified atom stereocenters. The van der Waals surface area contributed by atoms with E-state index in [1.54, 1.807) is 0 Å². The van der Waals surface area contributed by atoms with Crippen LogP contribution in [0.25, 0.3) is 33.7 Å². The van der Waals surface area contributed by atoms with E-state index in [2.05, 4.69) is 19.7 Å². The van der Waals surface area contributed by atoms with Gasteiger partial charge in [0.05, 0.1) is 27.9 Å². The lowest BCUT2D eigenvalue weighted by Gasteiger charge is -2.13. The molecule has 0 N–H and O–H groups in total. The summed E-state index contributed by atoms with van der Waals surface area (Å²) in [7, 11) is -2.49. The Balaban J connectivity index is 1.88. The third-order valence-electron chi connectivity index (χ3n) is 5.24. The predicted molar refractivity (Wildman–Crippen MR) is 117 cm³/mol. The summed E-state index contributed by atoms with van der Waals surface area (Å²) in [6.45, 7) is 1.39. The van der Waals surface area contributed by atoms with Gasteiger partial charge in [0.2, 0.25) is 0 Å². The highest BCUT2D eigenvalue weighted by Gasteiger charge is 2.34. The van der Waals surface area contributed by atoms with Crippen molar-refractivity contribution in [3.05, 3.63) is 54.5 Å². The minimum atomic E-state index is -4.92. The second kappa shape index (κ2) is 8.76. The van der Waals surface area contributed by atoms with Crippen LogP contribution in [0.4, 0.5) is 26.3 Å². The number of imidazole rings is 1. The molecule has 0 saturated heterocycles. The van der Waals surface area contributed by atoms with Crippen molar-refractivity contribution in [1.82, 2.24) is 19.5 Å². The third-order valence-corrected chi connectivity index (χ3v) is 6.98. The fourth-order valence-electron chi connectivity index (χ4n) is 3.49. The third kappa shape index (κ3) is 4.98. The van der Waals surface area contributed by atoms with E-state index in [-0.39, 0.29) is 44.3 Å². The lowest BCUT2D eigenvalue weighted by Crippen LogP contribution is -2.17. The molecule has 0 aliphatic rings. The molecule has 0 atom stereocenters. The Morgan fingerprint density at radius 2 is 1.69 bits per heavy atom. The van der Waals surface area contributed by atoms with Gasteiger partial charge in [0.25, 0.3) is 0 Å². The number of rotatable bonds is 5. The van der Waals surface area contributed by atoms with Gasteiger partial charge in [0.1, 0.15) is 17.1 Å². The van der Waals surface area contributed by atoms with Gasteiger partial charge in [0.15, 0.2) is 15.7 Å². The number of pyridine rings is 2. The Labute approximate surface area is 200 Å². The first-order chi connectivity index (χ1) is 16.7. The molecule has 0 saturated carbocycles. The molecule has 0 amide bonds. The first-order valence-electron chi connectivity index (χ1n) is 10.2. The van der Waals surface area contributed by atoms with E-state index in [0.29, 0.717) is 0 Å². The molecule has 0 spiro atoms. The first-order valence-corrected chi connectivity index (χ1v) is 11.8. The van der Waals surface area contributed by atoms with Gasteiger partial charge < -0.3 is 9.30 Å². The van der Waals surface area contributed by atoms with Gasteiger partial charge in [-0.25, -0.2) is 18.4 Å². The second-order valence-corrected chi connectivity index (χ2v) is 9.85. The number of benzene rings is 1. The average Bonchev–Trinajstić information content (AvgIpc) is 3.13. The van der Waals surface area contributed by atoms with E-state index in [1.807, 2.05) is 0 Å². The van der Waals surface area contributed by atoms with E-state index < -0.39 is 33.8 Å². The monoisotopic (exact) mass is 530 g/mol. The van der Waals surface area contributed by atoms with Crippen molar-refractivity contribution in [3.63, 3.8) is 0 Å².